The average molecular weight is 415 g/mol. The first-order valence-corrected chi connectivity index (χ1v) is 10.5. The van der Waals surface area contributed by atoms with E-state index in [2.05, 4.69) is 6.92 Å². The fourth-order valence-corrected chi connectivity index (χ4v) is 4.29. The summed E-state index contributed by atoms with van der Waals surface area (Å²) in [6.07, 6.45) is 2.33. The summed E-state index contributed by atoms with van der Waals surface area (Å²) < 4.78 is 39.0. The van der Waals surface area contributed by atoms with Crippen molar-refractivity contribution in [3.63, 3.8) is 0 Å². The van der Waals surface area contributed by atoms with Crippen molar-refractivity contribution in [1.82, 2.24) is 0 Å². The second-order valence-corrected chi connectivity index (χ2v) is 8.04. The lowest BCUT2D eigenvalue weighted by Crippen LogP contribution is -2.32. The molecular formula is C25H28F3NO. The fourth-order valence-electron chi connectivity index (χ4n) is 4.29. The summed E-state index contributed by atoms with van der Waals surface area (Å²) in [5, 5.41) is 0. The van der Waals surface area contributed by atoms with Gasteiger partial charge in [-0.15, -0.1) is 0 Å². The van der Waals surface area contributed by atoms with Crippen molar-refractivity contribution in [3.8, 4) is 0 Å². The molecule has 0 heterocycles. The van der Waals surface area contributed by atoms with E-state index >= 15 is 0 Å². The number of carbonyl (C=O) groups excluding carboxylic acids is 1. The number of ketones is 1. The minimum atomic E-state index is -4.38. The van der Waals surface area contributed by atoms with Gasteiger partial charge in [-0.25, -0.2) is 0 Å². The lowest BCUT2D eigenvalue weighted by atomic mass is 9.73. The molecule has 1 saturated carbocycles. The molecule has 1 fully saturated rings. The zero-order valence-corrected chi connectivity index (χ0v) is 17.5. The number of alkyl halides is 3. The molecule has 2 aromatic carbocycles. The number of rotatable bonds is 7. The lowest BCUT2D eigenvalue weighted by molar-refractivity contribution is -0.137. The van der Waals surface area contributed by atoms with Crippen LogP contribution in [0.1, 0.15) is 56.6 Å². The van der Waals surface area contributed by atoms with E-state index in [9.17, 15) is 18.0 Å². The Hall–Kier alpha value is -2.56. The van der Waals surface area contributed by atoms with Crippen molar-refractivity contribution in [2.75, 3.05) is 11.9 Å². The molecule has 0 radical (unpaired) electrons. The topological polar surface area (TPSA) is 20.3 Å². The highest BCUT2D eigenvalue weighted by Gasteiger charge is 2.46. The van der Waals surface area contributed by atoms with Gasteiger partial charge in [0.15, 0.2) is 5.78 Å². The number of carbonyl (C=O) groups is 1. The molecule has 160 valence electrons. The fraction of sp³-hybridized carbons (Fsp3) is 0.400. The van der Waals surface area contributed by atoms with E-state index in [1.807, 2.05) is 48.5 Å². The maximum Gasteiger partial charge on any atom is 0.416 e. The third kappa shape index (κ3) is 4.61. The maximum absolute atomic E-state index is 13.6. The third-order valence-corrected chi connectivity index (χ3v) is 6.03. The SMILES string of the molecule is CCCCCC1(c2ccc(C(F)(F)F)cc2)CCC(=CN(C)c2ccccc2)C1=O. The van der Waals surface area contributed by atoms with Crippen LogP contribution >= 0.6 is 0 Å². The number of anilines is 1. The number of hydrogen-bond acceptors (Lipinski definition) is 2. The molecule has 0 N–H and O–H groups in total. The molecule has 3 rings (SSSR count). The number of nitrogens with zero attached hydrogens (tertiary/aromatic N) is 1. The van der Waals surface area contributed by atoms with Crippen LogP contribution in [0, 0.1) is 0 Å². The Balaban J connectivity index is 1.92. The molecule has 2 aromatic rings. The summed E-state index contributed by atoms with van der Waals surface area (Å²) in [5.74, 6) is 0.0427. The molecule has 0 aliphatic heterocycles. The number of unbranched alkanes of at least 4 members (excludes halogenated alkanes) is 2. The van der Waals surface area contributed by atoms with Gasteiger partial charge in [0.05, 0.1) is 11.0 Å². The smallest absolute Gasteiger partial charge is 0.351 e. The quantitative estimate of drug-likeness (QED) is 0.362. The number of hydrogen-bond donors (Lipinski definition) is 0. The van der Waals surface area contributed by atoms with Crippen LogP contribution in [0.15, 0.2) is 66.4 Å². The minimum absolute atomic E-state index is 0.0427. The molecule has 1 atom stereocenters. The molecule has 1 aliphatic rings. The van der Waals surface area contributed by atoms with Crippen LogP contribution < -0.4 is 4.90 Å². The van der Waals surface area contributed by atoms with Gasteiger partial charge in [-0.05, 0) is 49.1 Å². The maximum atomic E-state index is 13.6. The van der Waals surface area contributed by atoms with Crippen LogP contribution in [-0.2, 0) is 16.4 Å². The van der Waals surface area contributed by atoms with E-state index in [0.29, 0.717) is 24.8 Å². The predicted octanol–water partition coefficient (Wildman–Crippen LogP) is 6.91. The van der Waals surface area contributed by atoms with Gasteiger partial charge in [-0.2, -0.15) is 13.2 Å². The van der Waals surface area contributed by atoms with Crippen molar-refractivity contribution in [3.05, 3.63) is 77.5 Å². The van der Waals surface area contributed by atoms with E-state index in [1.54, 1.807) is 0 Å². The van der Waals surface area contributed by atoms with E-state index < -0.39 is 17.2 Å². The molecule has 0 aromatic heterocycles. The van der Waals surface area contributed by atoms with Crippen molar-refractivity contribution < 1.29 is 18.0 Å². The van der Waals surface area contributed by atoms with Crippen molar-refractivity contribution in [2.45, 2.75) is 57.0 Å². The van der Waals surface area contributed by atoms with E-state index in [4.69, 9.17) is 0 Å². The van der Waals surface area contributed by atoms with Crippen LogP contribution in [0.2, 0.25) is 0 Å². The Morgan fingerprint density at radius 2 is 1.70 bits per heavy atom. The predicted molar refractivity (Wildman–Crippen MR) is 114 cm³/mol. The molecule has 5 heteroatoms. The number of allylic oxidation sites excluding steroid dienone is 1. The first kappa shape index (κ1) is 22.1. The summed E-state index contributed by atoms with van der Waals surface area (Å²) >= 11 is 0. The van der Waals surface area contributed by atoms with Gasteiger partial charge in [-0.3, -0.25) is 4.79 Å². The summed E-state index contributed by atoms with van der Waals surface area (Å²) in [5.41, 5.74) is 0.999. The third-order valence-electron chi connectivity index (χ3n) is 6.03. The largest absolute Gasteiger partial charge is 0.416 e. The van der Waals surface area contributed by atoms with Crippen molar-refractivity contribution in [1.29, 1.82) is 0 Å². The minimum Gasteiger partial charge on any atom is -0.351 e. The summed E-state index contributed by atoms with van der Waals surface area (Å²) in [4.78, 5) is 15.5. The van der Waals surface area contributed by atoms with Crippen LogP contribution in [0.5, 0.6) is 0 Å². The highest BCUT2D eigenvalue weighted by molar-refractivity contribution is 6.06. The second-order valence-electron chi connectivity index (χ2n) is 8.04. The molecule has 2 nitrogen and oxygen atoms in total. The van der Waals surface area contributed by atoms with E-state index in [0.717, 1.165) is 42.7 Å². The Morgan fingerprint density at radius 1 is 1.03 bits per heavy atom. The molecule has 0 bridgehead atoms. The number of Topliss-reactive ketones (excluding diaryl/α,β-unsaturated/α-hetero) is 1. The monoisotopic (exact) mass is 415 g/mol. The van der Waals surface area contributed by atoms with Gasteiger partial charge in [0, 0.05) is 24.5 Å². The Morgan fingerprint density at radius 3 is 2.30 bits per heavy atom. The average Bonchev–Trinajstić information content (AvgIpc) is 3.05. The number of para-hydroxylation sites is 1. The van der Waals surface area contributed by atoms with Gasteiger partial charge >= 0.3 is 6.18 Å². The highest BCUT2D eigenvalue weighted by Crippen LogP contribution is 2.45. The second kappa shape index (κ2) is 9.07. The number of benzene rings is 2. The van der Waals surface area contributed by atoms with Gasteiger partial charge in [0.2, 0.25) is 0 Å². The first-order chi connectivity index (χ1) is 14.3. The lowest BCUT2D eigenvalue weighted by Gasteiger charge is -2.28. The van der Waals surface area contributed by atoms with Gasteiger partial charge in [-0.1, -0.05) is 56.5 Å². The Labute approximate surface area is 176 Å². The zero-order valence-electron chi connectivity index (χ0n) is 17.5. The van der Waals surface area contributed by atoms with Crippen LogP contribution in [-0.4, -0.2) is 12.8 Å². The van der Waals surface area contributed by atoms with Gasteiger partial charge in [0.1, 0.15) is 0 Å². The molecule has 1 aliphatic carbocycles. The summed E-state index contributed by atoms with van der Waals surface area (Å²) in [7, 11) is 1.91. The first-order valence-electron chi connectivity index (χ1n) is 10.5. The van der Waals surface area contributed by atoms with Crippen LogP contribution in [0.4, 0.5) is 18.9 Å². The van der Waals surface area contributed by atoms with Gasteiger partial charge < -0.3 is 4.90 Å². The van der Waals surface area contributed by atoms with Crippen molar-refractivity contribution in [2.24, 2.45) is 0 Å². The molecule has 1 unspecified atom stereocenters. The van der Waals surface area contributed by atoms with E-state index in [-0.39, 0.29) is 5.78 Å². The molecule has 0 saturated heterocycles. The van der Waals surface area contributed by atoms with E-state index in [1.165, 1.54) is 12.1 Å². The highest BCUT2D eigenvalue weighted by atomic mass is 19.4. The van der Waals surface area contributed by atoms with Crippen molar-refractivity contribution >= 4 is 11.5 Å². The Bertz CT molecular complexity index is 887. The Kier molecular flexibility index (Phi) is 6.69. The summed E-state index contributed by atoms with van der Waals surface area (Å²) in [6, 6.07) is 15.0. The molecular weight excluding hydrogens is 387 g/mol. The molecule has 30 heavy (non-hydrogen) atoms. The number of halogens is 3. The van der Waals surface area contributed by atoms with Crippen LogP contribution in [0.25, 0.3) is 0 Å². The van der Waals surface area contributed by atoms with Gasteiger partial charge in [0.25, 0.3) is 0 Å². The normalized spacial score (nSPS) is 20.7. The van der Waals surface area contributed by atoms with Crippen LogP contribution in [0.3, 0.4) is 0 Å². The standard InChI is InChI=1S/C25H28F3NO/c1-3-4-8-16-24(20-11-13-21(14-12-20)25(26,27)28)17-15-19(23(24)30)18-29(2)22-9-6-5-7-10-22/h5-7,9-14,18H,3-4,8,15-17H2,1-2H3. The zero-order chi connectivity index (χ0) is 21.8. The molecule has 0 spiro atoms. The summed E-state index contributed by atoms with van der Waals surface area (Å²) in [6.45, 7) is 2.10. The molecule has 0 amide bonds.